The van der Waals surface area contributed by atoms with Crippen LogP contribution in [0.2, 0.25) is 0 Å². The molecule has 0 saturated heterocycles. The first-order valence-corrected chi connectivity index (χ1v) is 12.4. The van der Waals surface area contributed by atoms with E-state index in [2.05, 4.69) is 73.1 Å². The lowest BCUT2D eigenvalue weighted by Gasteiger charge is -2.36. The number of phenols is 1. The summed E-state index contributed by atoms with van der Waals surface area (Å²) in [4.78, 5) is 11.4. The normalized spacial score (nSPS) is 16.9. The molecular weight excluding hydrogens is 528 g/mol. The summed E-state index contributed by atoms with van der Waals surface area (Å²) < 4.78 is 1.47. The van der Waals surface area contributed by atoms with Gasteiger partial charge in [0, 0.05) is 14.9 Å². The van der Waals surface area contributed by atoms with Crippen LogP contribution in [0.4, 0.5) is 5.82 Å². The summed E-state index contributed by atoms with van der Waals surface area (Å²) >= 11 is 8.56. The van der Waals surface area contributed by atoms with E-state index >= 15 is 0 Å². The molecule has 8 heteroatoms. The van der Waals surface area contributed by atoms with Gasteiger partial charge in [-0.15, -0.1) is 11.3 Å². The van der Waals surface area contributed by atoms with Crippen molar-refractivity contribution >= 4 is 65.4 Å². The number of phenolic OH excluding ortho intramolecular Hbond substituents is 1. The molecule has 2 heterocycles. The van der Waals surface area contributed by atoms with E-state index in [4.69, 9.17) is 0 Å². The molecule has 4 rings (SSSR count). The number of fused-ring (bicyclic) bond motifs is 3. The number of anilines is 1. The van der Waals surface area contributed by atoms with Gasteiger partial charge in [-0.2, -0.15) is 5.10 Å². The summed E-state index contributed by atoms with van der Waals surface area (Å²) in [7, 11) is 0. The molecule has 158 valence electrons. The summed E-state index contributed by atoms with van der Waals surface area (Å²) in [6, 6.07) is 3.60. The highest BCUT2D eigenvalue weighted by molar-refractivity contribution is 9.11. The lowest BCUT2D eigenvalue weighted by Crippen LogP contribution is -2.28. The number of aromatic hydroxyl groups is 1. The molecule has 0 amide bonds. The number of thiophene rings is 1. The molecule has 2 N–H and O–H groups in total. The Morgan fingerprint density at radius 3 is 2.90 bits per heavy atom. The topological polar surface area (TPSA) is 70.4 Å². The van der Waals surface area contributed by atoms with Crippen molar-refractivity contribution in [2.45, 2.75) is 46.5 Å². The average molecular weight is 552 g/mol. The molecule has 1 atom stereocenters. The van der Waals surface area contributed by atoms with Gasteiger partial charge in [0.15, 0.2) is 5.82 Å². The van der Waals surface area contributed by atoms with Gasteiger partial charge in [0.2, 0.25) is 0 Å². The Morgan fingerprint density at radius 1 is 1.33 bits per heavy atom. The molecular formula is C22H24Br2N4OS. The van der Waals surface area contributed by atoms with Gasteiger partial charge >= 0.3 is 0 Å². The van der Waals surface area contributed by atoms with Crippen molar-refractivity contribution in [3.8, 4) is 5.75 Å². The number of nitrogens with one attached hydrogen (secondary N) is 1. The second-order valence-corrected chi connectivity index (χ2v) is 11.2. The number of benzene rings is 1. The molecule has 0 bridgehead atoms. The molecule has 30 heavy (non-hydrogen) atoms. The maximum absolute atomic E-state index is 10.2. The number of nitrogens with zero attached hydrogens (tertiary/aromatic N) is 3. The second kappa shape index (κ2) is 8.55. The maximum Gasteiger partial charge on any atom is 0.158 e. The van der Waals surface area contributed by atoms with E-state index in [1.54, 1.807) is 29.9 Å². The molecule has 0 fully saturated rings. The van der Waals surface area contributed by atoms with E-state index in [1.807, 2.05) is 6.07 Å². The molecule has 1 aromatic carbocycles. The van der Waals surface area contributed by atoms with Crippen LogP contribution in [0.15, 0.2) is 32.5 Å². The third-order valence-electron chi connectivity index (χ3n) is 6.29. The van der Waals surface area contributed by atoms with E-state index in [0.717, 1.165) is 33.3 Å². The average Bonchev–Trinajstić information content (AvgIpc) is 3.10. The maximum atomic E-state index is 10.2. The van der Waals surface area contributed by atoms with Crippen molar-refractivity contribution < 1.29 is 5.11 Å². The van der Waals surface area contributed by atoms with Crippen LogP contribution in [0.1, 0.15) is 49.6 Å². The zero-order valence-corrected chi connectivity index (χ0v) is 21.2. The highest BCUT2D eigenvalue weighted by Gasteiger charge is 2.33. The van der Waals surface area contributed by atoms with Crippen molar-refractivity contribution in [1.82, 2.24) is 9.97 Å². The van der Waals surface area contributed by atoms with Crippen LogP contribution in [0, 0.1) is 11.3 Å². The van der Waals surface area contributed by atoms with Gasteiger partial charge in [-0.05, 0) is 64.2 Å². The third kappa shape index (κ3) is 4.14. The Labute approximate surface area is 197 Å². The lowest BCUT2D eigenvalue weighted by molar-refractivity contribution is 0.184. The highest BCUT2D eigenvalue weighted by Crippen LogP contribution is 2.45. The van der Waals surface area contributed by atoms with Gasteiger partial charge in [0.25, 0.3) is 0 Å². The number of halogens is 2. The summed E-state index contributed by atoms with van der Waals surface area (Å²) in [6.45, 7) is 7.03. The van der Waals surface area contributed by atoms with Crippen LogP contribution in [0.25, 0.3) is 10.2 Å². The Hall–Kier alpha value is -1.51. The van der Waals surface area contributed by atoms with Gasteiger partial charge in [-0.3, -0.25) is 5.43 Å². The van der Waals surface area contributed by atoms with Gasteiger partial charge in [-0.25, -0.2) is 9.97 Å². The summed E-state index contributed by atoms with van der Waals surface area (Å²) in [5, 5.41) is 15.7. The van der Waals surface area contributed by atoms with E-state index in [1.165, 1.54) is 23.3 Å². The number of hydrogen-bond acceptors (Lipinski definition) is 6. The van der Waals surface area contributed by atoms with Gasteiger partial charge in [0.05, 0.1) is 16.1 Å². The van der Waals surface area contributed by atoms with Crippen LogP contribution in [-0.2, 0) is 12.8 Å². The van der Waals surface area contributed by atoms with Crippen molar-refractivity contribution in [2.24, 2.45) is 16.4 Å². The highest BCUT2D eigenvalue weighted by atomic mass is 79.9. The quantitative estimate of drug-likeness (QED) is 0.267. The van der Waals surface area contributed by atoms with Crippen molar-refractivity contribution in [1.29, 1.82) is 0 Å². The van der Waals surface area contributed by atoms with Crippen LogP contribution in [0.5, 0.6) is 5.75 Å². The predicted octanol–water partition coefficient (Wildman–Crippen LogP) is 6.91. The number of hydrazone groups is 1. The van der Waals surface area contributed by atoms with Crippen LogP contribution < -0.4 is 5.43 Å². The molecule has 5 nitrogen and oxygen atoms in total. The van der Waals surface area contributed by atoms with Crippen molar-refractivity contribution in [3.05, 3.63) is 43.4 Å². The number of aromatic nitrogens is 2. The van der Waals surface area contributed by atoms with Gasteiger partial charge in [-0.1, -0.05) is 43.1 Å². The zero-order chi connectivity index (χ0) is 21.5. The van der Waals surface area contributed by atoms with Crippen molar-refractivity contribution in [2.75, 3.05) is 5.43 Å². The molecule has 1 aliphatic carbocycles. The van der Waals surface area contributed by atoms with Crippen LogP contribution in [0.3, 0.4) is 0 Å². The molecule has 1 aliphatic rings. The fourth-order valence-electron chi connectivity index (χ4n) is 4.00. The minimum Gasteiger partial charge on any atom is -0.506 e. The zero-order valence-electron chi connectivity index (χ0n) is 17.2. The first kappa shape index (κ1) is 21.7. The summed E-state index contributed by atoms with van der Waals surface area (Å²) in [5.74, 6) is 1.52. The number of aryl methyl sites for hydroxylation is 1. The summed E-state index contributed by atoms with van der Waals surface area (Å²) in [6.07, 6.45) is 7.75. The minimum absolute atomic E-state index is 0.147. The smallest absolute Gasteiger partial charge is 0.158 e. The van der Waals surface area contributed by atoms with E-state index in [-0.39, 0.29) is 5.75 Å². The first-order valence-electron chi connectivity index (χ1n) is 10.0. The number of rotatable bonds is 5. The molecule has 1 unspecified atom stereocenters. The van der Waals surface area contributed by atoms with E-state index in [0.29, 0.717) is 21.4 Å². The number of hydrogen-bond donors (Lipinski definition) is 2. The van der Waals surface area contributed by atoms with E-state index < -0.39 is 0 Å². The minimum atomic E-state index is 0.147. The Bertz CT molecular complexity index is 1130. The first-order chi connectivity index (χ1) is 14.3. The molecule has 0 spiro atoms. The fraction of sp³-hybridized carbons (Fsp3) is 0.409. The molecule has 2 aromatic heterocycles. The largest absolute Gasteiger partial charge is 0.506 e. The Kier molecular flexibility index (Phi) is 6.19. The fourth-order valence-corrected chi connectivity index (χ4v) is 6.44. The second-order valence-electron chi connectivity index (χ2n) is 8.38. The standard InChI is InChI=1S/C22H24Br2N4OS/c1-4-22(2,3)13-5-6-17-15(8-13)18-20(25-11-26-21(18)30-17)28-27-10-12-7-14(23)9-16(24)19(12)29/h7,9-11,13,29H,4-6,8H2,1-3H3,(H,25,26,28). The van der Waals surface area contributed by atoms with Crippen LogP contribution >= 0.6 is 43.2 Å². The molecule has 3 aromatic rings. The Balaban J connectivity index is 1.66. The predicted molar refractivity (Wildman–Crippen MR) is 132 cm³/mol. The Morgan fingerprint density at radius 2 is 2.13 bits per heavy atom. The summed E-state index contributed by atoms with van der Waals surface area (Å²) in [5.41, 5.74) is 5.38. The van der Waals surface area contributed by atoms with Gasteiger partial charge < -0.3 is 5.11 Å². The van der Waals surface area contributed by atoms with Crippen molar-refractivity contribution in [3.63, 3.8) is 0 Å². The van der Waals surface area contributed by atoms with Gasteiger partial charge in [0.1, 0.15) is 16.9 Å². The van der Waals surface area contributed by atoms with Crippen LogP contribution in [-0.4, -0.2) is 21.3 Å². The lowest BCUT2D eigenvalue weighted by atomic mass is 9.69. The molecule has 0 saturated carbocycles. The molecule has 0 radical (unpaired) electrons. The van der Waals surface area contributed by atoms with E-state index in [9.17, 15) is 5.11 Å². The molecule has 0 aliphatic heterocycles. The SMILES string of the molecule is CCC(C)(C)C1CCc2sc3ncnc(NN=Cc4cc(Br)cc(Br)c4O)c3c2C1. The monoisotopic (exact) mass is 550 g/mol. The third-order valence-corrected chi connectivity index (χ3v) is 8.55.